The van der Waals surface area contributed by atoms with Crippen molar-refractivity contribution < 1.29 is 19.1 Å². The fourth-order valence-corrected chi connectivity index (χ4v) is 4.62. The van der Waals surface area contributed by atoms with Gasteiger partial charge in [0.05, 0.1) is 12.6 Å². The number of nitrogens with zero attached hydrogens (tertiary/aromatic N) is 1. The van der Waals surface area contributed by atoms with E-state index in [-0.39, 0.29) is 24.7 Å². The number of ether oxygens (including phenoxy) is 1. The number of rotatable bonds is 3. The lowest BCUT2D eigenvalue weighted by Gasteiger charge is -2.32. The zero-order chi connectivity index (χ0) is 20.8. The number of aryl methyl sites for hydroxylation is 2. The summed E-state index contributed by atoms with van der Waals surface area (Å²) in [5.41, 5.74) is 4.66. The van der Waals surface area contributed by atoms with E-state index in [9.17, 15) is 14.7 Å². The van der Waals surface area contributed by atoms with Crippen LogP contribution in [0.2, 0.25) is 0 Å². The second kappa shape index (κ2) is 7.29. The summed E-state index contributed by atoms with van der Waals surface area (Å²) in [5.74, 6) is 0.327. The fourth-order valence-electron chi connectivity index (χ4n) is 4.62. The van der Waals surface area contributed by atoms with E-state index in [1.165, 1.54) is 0 Å². The topological polar surface area (TPSA) is 80.0 Å². The number of β-amino-alcohol motifs (C(OH)–C–C–N with tert-alkyl or cyclic N) is 1. The molecule has 1 unspecified atom stereocenters. The third-order valence-corrected chi connectivity index (χ3v) is 6.21. The lowest BCUT2D eigenvalue weighted by Crippen LogP contribution is -2.40. The van der Waals surface area contributed by atoms with Crippen LogP contribution in [-0.2, 0) is 24.2 Å². The summed E-state index contributed by atoms with van der Waals surface area (Å²) in [5, 5.41) is 11.3. The zero-order valence-corrected chi connectivity index (χ0v) is 16.8. The molecule has 1 aliphatic carbocycles. The Labute approximate surface area is 173 Å². The van der Waals surface area contributed by atoms with Gasteiger partial charge in [-0.25, -0.2) is 4.79 Å². The van der Waals surface area contributed by atoms with Gasteiger partial charge in [-0.2, -0.15) is 0 Å². The molecule has 1 aliphatic heterocycles. The van der Waals surface area contributed by atoms with Crippen molar-refractivity contribution in [2.24, 2.45) is 0 Å². The molecule has 1 amide bonds. The molecule has 3 aromatic rings. The van der Waals surface area contributed by atoms with Crippen LogP contribution in [0.5, 0.6) is 5.75 Å². The highest BCUT2D eigenvalue weighted by atomic mass is 16.5. The molecule has 6 heteroatoms. The molecule has 2 aromatic carbocycles. The first-order valence-corrected chi connectivity index (χ1v) is 10.3. The second-order valence-electron chi connectivity index (χ2n) is 8.04. The average Bonchev–Trinajstić information content (AvgIpc) is 3.24. The molecule has 30 heavy (non-hydrogen) atoms. The lowest BCUT2D eigenvalue weighted by atomic mass is 9.97. The predicted molar refractivity (Wildman–Crippen MR) is 112 cm³/mol. The summed E-state index contributed by atoms with van der Waals surface area (Å²) < 4.78 is 11.4. The molecule has 1 N–H and O–H groups in total. The summed E-state index contributed by atoms with van der Waals surface area (Å²) in [7, 11) is 0. The Balaban J connectivity index is 1.36. The molecule has 0 radical (unpaired) electrons. The number of fused-ring (bicyclic) bond motifs is 4. The van der Waals surface area contributed by atoms with Gasteiger partial charge in [-0.3, -0.25) is 4.79 Å². The molecular formula is C24H23NO5. The van der Waals surface area contributed by atoms with Gasteiger partial charge in [-0.05, 0) is 55.0 Å². The third kappa shape index (κ3) is 3.08. The largest absolute Gasteiger partial charge is 0.483 e. The number of aliphatic hydroxyl groups excluding tert-OH is 1. The third-order valence-electron chi connectivity index (χ3n) is 6.21. The van der Waals surface area contributed by atoms with E-state index < -0.39 is 6.10 Å². The maximum atomic E-state index is 12.7. The minimum Gasteiger partial charge on any atom is -0.483 e. The molecule has 2 heterocycles. The second-order valence-corrected chi connectivity index (χ2v) is 8.04. The summed E-state index contributed by atoms with van der Waals surface area (Å²) in [4.78, 5) is 26.6. The maximum absolute atomic E-state index is 12.7. The molecule has 5 rings (SSSR count). The number of benzene rings is 2. The minimum atomic E-state index is -0.697. The van der Waals surface area contributed by atoms with E-state index in [4.69, 9.17) is 9.15 Å². The first-order valence-electron chi connectivity index (χ1n) is 10.3. The maximum Gasteiger partial charge on any atom is 0.339 e. The number of hydrogen-bond acceptors (Lipinski definition) is 5. The van der Waals surface area contributed by atoms with Crippen LogP contribution in [0.25, 0.3) is 11.0 Å². The molecule has 1 atom stereocenters. The van der Waals surface area contributed by atoms with Crippen molar-refractivity contribution in [3.8, 4) is 5.75 Å². The summed E-state index contributed by atoms with van der Waals surface area (Å²) >= 11 is 0. The van der Waals surface area contributed by atoms with Crippen LogP contribution in [0, 0.1) is 6.92 Å². The molecule has 0 bridgehead atoms. The lowest BCUT2D eigenvalue weighted by molar-refractivity contribution is -0.136. The van der Waals surface area contributed by atoms with Gasteiger partial charge in [0.2, 0.25) is 0 Å². The van der Waals surface area contributed by atoms with Crippen molar-refractivity contribution in [1.82, 2.24) is 4.90 Å². The number of carbonyl (C=O) groups is 1. The smallest absolute Gasteiger partial charge is 0.339 e. The molecule has 154 valence electrons. The van der Waals surface area contributed by atoms with Crippen molar-refractivity contribution in [2.75, 3.05) is 13.2 Å². The summed E-state index contributed by atoms with van der Waals surface area (Å²) in [6.45, 7) is 2.40. The predicted octanol–water partition coefficient (Wildman–Crippen LogP) is 3.04. The van der Waals surface area contributed by atoms with E-state index in [1.54, 1.807) is 4.90 Å². The molecule has 1 aromatic heterocycles. The van der Waals surface area contributed by atoms with Crippen LogP contribution in [0.4, 0.5) is 0 Å². The standard InChI is InChI=1S/C24H23NO5/c1-14-21(10-9-18-17-7-4-8-19(17)24(28)30-23(14)18)29-13-22(27)25-11-15-5-2-3-6-16(15)20(26)12-25/h2-3,5-6,9-10,20,26H,4,7-8,11-13H2,1H3. The minimum absolute atomic E-state index is 0.142. The van der Waals surface area contributed by atoms with Crippen LogP contribution in [0.3, 0.4) is 0 Å². The molecule has 0 saturated heterocycles. The zero-order valence-electron chi connectivity index (χ0n) is 16.8. The van der Waals surface area contributed by atoms with Crippen LogP contribution in [-0.4, -0.2) is 29.1 Å². The Hall–Kier alpha value is -3.12. The highest BCUT2D eigenvalue weighted by Crippen LogP contribution is 2.33. The summed E-state index contributed by atoms with van der Waals surface area (Å²) in [6.07, 6.45) is 1.92. The van der Waals surface area contributed by atoms with Gasteiger partial charge >= 0.3 is 5.63 Å². The van der Waals surface area contributed by atoms with Crippen molar-refractivity contribution in [3.05, 3.63) is 74.6 Å². The van der Waals surface area contributed by atoms with E-state index in [0.29, 0.717) is 17.9 Å². The first-order chi connectivity index (χ1) is 14.5. The van der Waals surface area contributed by atoms with Gasteiger partial charge in [0.1, 0.15) is 11.3 Å². The Kier molecular flexibility index (Phi) is 4.59. The number of carbonyl (C=O) groups excluding carboxylic acids is 1. The molecule has 0 spiro atoms. The summed E-state index contributed by atoms with van der Waals surface area (Å²) in [6, 6.07) is 11.4. The molecule has 6 nitrogen and oxygen atoms in total. The highest BCUT2D eigenvalue weighted by Gasteiger charge is 2.27. The molecular weight excluding hydrogens is 382 g/mol. The Bertz CT molecular complexity index is 1210. The SMILES string of the molecule is Cc1c(OCC(=O)N2Cc3ccccc3C(O)C2)ccc2c3c(c(=O)oc12)CCC3. The van der Waals surface area contributed by atoms with Crippen LogP contribution < -0.4 is 10.4 Å². The molecule has 0 saturated carbocycles. The van der Waals surface area contributed by atoms with Crippen molar-refractivity contribution in [3.63, 3.8) is 0 Å². The highest BCUT2D eigenvalue weighted by molar-refractivity contribution is 5.86. The van der Waals surface area contributed by atoms with Crippen LogP contribution in [0.1, 0.15) is 40.3 Å². The van der Waals surface area contributed by atoms with E-state index >= 15 is 0 Å². The van der Waals surface area contributed by atoms with Gasteiger partial charge in [-0.15, -0.1) is 0 Å². The van der Waals surface area contributed by atoms with Gasteiger partial charge in [-0.1, -0.05) is 24.3 Å². The van der Waals surface area contributed by atoms with Crippen LogP contribution >= 0.6 is 0 Å². The van der Waals surface area contributed by atoms with Gasteiger partial charge < -0.3 is 19.2 Å². The van der Waals surface area contributed by atoms with Gasteiger partial charge in [0.15, 0.2) is 6.61 Å². The van der Waals surface area contributed by atoms with Crippen molar-refractivity contribution in [2.45, 2.75) is 38.8 Å². The van der Waals surface area contributed by atoms with Crippen LogP contribution in [0.15, 0.2) is 45.6 Å². The fraction of sp³-hybridized carbons (Fsp3) is 0.333. The van der Waals surface area contributed by atoms with Crippen molar-refractivity contribution >= 4 is 16.9 Å². The van der Waals surface area contributed by atoms with E-state index in [0.717, 1.165) is 52.5 Å². The Morgan fingerprint density at radius 3 is 2.87 bits per heavy atom. The normalized spacial score (nSPS) is 17.7. The number of hydrogen-bond donors (Lipinski definition) is 1. The Morgan fingerprint density at radius 1 is 1.20 bits per heavy atom. The average molecular weight is 405 g/mol. The van der Waals surface area contributed by atoms with E-state index in [1.807, 2.05) is 43.3 Å². The molecule has 0 fully saturated rings. The first kappa shape index (κ1) is 18.9. The molecule has 2 aliphatic rings. The Morgan fingerprint density at radius 2 is 2.00 bits per heavy atom. The number of amides is 1. The monoisotopic (exact) mass is 405 g/mol. The van der Waals surface area contributed by atoms with Crippen molar-refractivity contribution in [1.29, 1.82) is 0 Å². The van der Waals surface area contributed by atoms with Gasteiger partial charge in [0.25, 0.3) is 5.91 Å². The quantitative estimate of drug-likeness (QED) is 0.678. The number of aliphatic hydroxyl groups is 1. The van der Waals surface area contributed by atoms with E-state index in [2.05, 4.69) is 0 Å². The van der Waals surface area contributed by atoms with Gasteiger partial charge in [0, 0.05) is 23.1 Å².